The van der Waals surface area contributed by atoms with Crippen LogP contribution in [0, 0.1) is 0 Å². The second kappa shape index (κ2) is 4.70. The number of benzene rings is 1. The second-order valence-corrected chi connectivity index (χ2v) is 5.94. The van der Waals surface area contributed by atoms with Gasteiger partial charge in [0.2, 0.25) is 5.89 Å². The van der Waals surface area contributed by atoms with Gasteiger partial charge in [-0.2, -0.15) is 4.98 Å². The fourth-order valence-electron chi connectivity index (χ4n) is 2.75. The summed E-state index contributed by atoms with van der Waals surface area (Å²) in [5, 5.41) is 7.70. The van der Waals surface area contributed by atoms with Crippen molar-refractivity contribution in [3.63, 3.8) is 0 Å². The standard InChI is InChI=1S/C16H19N3O/c1-2-4-12(5-3-1)16(9-10-16)15-18-14(20-19-15)8-11-17-13-6-7-13/h1-5,13,17H,6-11H2. The minimum absolute atomic E-state index is 0.0208. The van der Waals surface area contributed by atoms with Gasteiger partial charge in [-0.05, 0) is 31.2 Å². The molecular formula is C16H19N3O. The highest BCUT2D eigenvalue weighted by Gasteiger charge is 2.49. The third-order valence-corrected chi connectivity index (χ3v) is 4.32. The van der Waals surface area contributed by atoms with E-state index in [-0.39, 0.29) is 5.41 Å². The molecular weight excluding hydrogens is 250 g/mol. The van der Waals surface area contributed by atoms with E-state index in [9.17, 15) is 0 Å². The molecule has 1 aromatic heterocycles. The van der Waals surface area contributed by atoms with E-state index in [1.165, 1.54) is 18.4 Å². The van der Waals surface area contributed by atoms with Crippen LogP contribution in [0.4, 0.5) is 0 Å². The molecule has 104 valence electrons. The Morgan fingerprint density at radius 2 is 2.00 bits per heavy atom. The van der Waals surface area contributed by atoms with Crippen molar-refractivity contribution in [3.8, 4) is 0 Å². The summed E-state index contributed by atoms with van der Waals surface area (Å²) in [5.41, 5.74) is 1.33. The molecule has 4 nitrogen and oxygen atoms in total. The Bertz CT molecular complexity index is 585. The quantitative estimate of drug-likeness (QED) is 0.875. The van der Waals surface area contributed by atoms with E-state index >= 15 is 0 Å². The van der Waals surface area contributed by atoms with Gasteiger partial charge in [0, 0.05) is 19.0 Å². The molecule has 0 aliphatic heterocycles. The van der Waals surface area contributed by atoms with Gasteiger partial charge in [-0.3, -0.25) is 0 Å². The number of hydrogen-bond acceptors (Lipinski definition) is 4. The minimum Gasteiger partial charge on any atom is -0.339 e. The van der Waals surface area contributed by atoms with Gasteiger partial charge in [-0.1, -0.05) is 35.5 Å². The first-order chi connectivity index (χ1) is 9.87. The molecule has 1 N–H and O–H groups in total. The van der Waals surface area contributed by atoms with Gasteiger partial charge in [0.15, 0.2) is 5.82 Å². The molecule has 4 rings (SSSR count). The third-order valence-electron chi connectivity index (χ3n) is 4.32. The molecule has 0 amide bonds. The van der Waals surface area contributed by atoms with Crippen LogP contribution in [0.15, 0.2) is 34.9 Å². The lowest BCUT2D eigenvalue weighted by atomic mass is 9.95. The highest BCUT2D eigenvalue weighted by atomic mass is 16.5. The average molecular weight is 269 g/mol. The maximum absolute atomic E-state index is 5.41. The van der Waals surface area contributed by atoms with Gasteiger partial charge in [0.05, 0.1) is 5.41 Å². The second-order valence-electron chi connectivity index (χ2n) is 5.94. The van der Waals surface area contributed by atoms with Crippen molar-refractivity contribution in [2.45, 2.75) is 43.6 Å². The van der Waals surface area contributed by atoms with E-state index in [0.29, 0.717) is 0 Å². The van der Waals surface area contributed by atoms with Crippen LogP contribution in [-0.2, 0) is 11.8 Å². The number of nitrogens with one attached hydrogen (secondary N) is 1. The van der Waals surface area contributed by atoms with E-state index in [1.54, 1.807) is 0 Å². The zero-order valence-electron chi connectivity index (χ0n) is 11.5. The van der Waals surface area contributed by atoms with Gasteiger partial charge in [0.25, 0.3) is 0 Å². The molecule has 0 spiro atoms. The number of rotatable bonds is 6. The van der Waals surface area contributed by atoms with Crippen molar-refractivity contribution in [3.05, 3.63) is 47.6 Å². The largest absolute Gasteiger partial charge is 0.339 e. The van der Waals surface area contributed by atoms with Crippen molar-refractivity contribution >= 4 is 0 Å². The zero-order valence-corrected chi connectivity index (χ0v) is 11.5. The smallest absolute Gasteiger partial charge is 0.227 e. The Balaban J connectivity index is 1.47. The highest BCUT2D eigenvalue weighted by Crippen LogP contribution is 2.52. The molecule has 0 bridgehead atoms. The number of hydrogen-bond donors (Lipinski definition) is 1. The van der Waals surface area contributed by atoms with E-state index in [0.717, 1.165) is 43.6 Å². The molecule has 1 heterocycles. The molecule has 0 atom stereocenters. The molecule has 0 saturated heterocycles. The molecule has 2 aliphatic rings. The van der Waals surface area contributed by atoms with E-state index in [4.69, 9.17) is 4.52 Å². The predicted octanol–water partition coefficient (Wildman–Crippen LogP) is 2.44. The van der Waals surface area contributed by atoms with Gasteiger partial charge < -0.3 is 9.84 Å². The summed E-state index contributed by atoms with van der Waals surface area (Å²) >= 11 is 0. The van der Waals surface area contributed by atoms with Crippen molar-refractivity contribution in [1.29, 1.82) is 0 Å². The Kier molecular flexibility index (Phi) is 2.84. The fraction of sp³-hybridized carbons (Fsp3) is 0.500. The molecule has 4 heteroatoms. The van der Waals surface area contributed by atoms with Crippen molar-refractivity contribution < 1.29 is 4.52 Å². The number of nitrogens with zero attached hydrogens (tertiary/aromatic N) is 2. The van der Waals surface area contributed by atoms with E-state index in [2.05, 4.69) is 39.7 Å². The van der Waals surface area contributed by atoms with Crippen LogP contribution in [0.1, 0.15) is 43.0 Å². The lowest BCUT2D eigenvalue weighted by Crippen LogP contribution is -2.19. The van der Waals surface area contributed by atoms with Gasteiger partial charge in [0.1, 0.15) is 0 Å². The van der Waals surface area contributed by atoms with Crippen LogP contribution in [0.2, 0.25) is 0 Å². The van der Waals surface area contributed by atoms with Gasteiger partial charge in [-0.25, -0.2) is 0 Å². The Morgan fingerprint density at radius 1 is 1.20 bits per heavy atom. The summed E-state index contributed by atoms with van der Waals surface area (Å²) in [5.74, 6) is 1.63. The summed E-state index contributed by atoms with van der Waals surface area (Å²) in [6, 6.07) is 11.3. The summed E-state index contributed by atoms with van der Waals surface area (Å²) < 4.78 is 5.41. The lowest BCUT2D eigenvalue weighted by Gasteiger charge is -2.10. The van der Waals surface area contributed by atoms with Crippen molar-refractivity contribution in [1.82, 2.24) is 15.5 Å². The summed E-state index contributed by atoms with van der Waals surface area (Å²) in [4.78, 5) is 4.62. The predicted molar refractivity (Wildman–Crippen MR) is 75.5 cm³/mol. The molecule has 2 aromatic rings. The van der Waals surface area contributed by atoms with Crippen LogP contribution < -0.4 is 5.32 Å². The molecule has 2 fully saturated rings. The Labute approximate surface area is 118 Å². The van der Waals surface area contributed by atoms with Crippen LogP contribution in [0.25, 0.3) is 0 Å². The molecule has 2 saturated carbocycles. The minimum atomic E-state index is 0.0208. The van der Waals surface area contributed by atoms with E-state index in [1.807, 2.05) is 6.07 Å². The van der Waals surface area contributed by atoms with Crippen molar-refractivity contribution in [2.24, 2.45) is 0 Å². The van der Waals surface area contributed by atoms with Crippen molar-refractivity contribution in [2.75, 3.05) is 6.54 Å². The van der Waals surface area contributed by atoms with Crippen LogP contribution >= 0.6 is 0 Å². The van der Waals surface area contributed by atoms with Gasteiger partial charge >= 0.3 is 0 Å². The summed E-state index contributed by atoms with van der Waals surface area (Å²) in [6.45, 7) is 0.935. The topological polar surface area (TPSA) is 51.0 Å². The maximum atomic E-state index is 5.41. The number of aromatic nitrogens is 2. The normalized spacial score (nSPS) is 20.0. The SMILES string of the molecule is c1ccc(C2(c3noc(CCNC4CC4)n3)CC2)cc1. The van der Waals surface area contributed by atoms with Crippen LogP contribution in [0.3, 0.4) is 0 Å². The van der Waals surface area contributed by atoms with E-state index < -0.39 is 0 Å². The molecule has 0 radical (unpaired) electrons. The first-order valence-corrected chi connectivity index (χ1v) is 7.49. The molecule has 1 aromatic carbocycles. The highest BCUT2D eigenvalue weighted by molar-refractivity contribution is 5.38. The Morgan fingerprint density at radius 3 is 2.70 bits per heavy atom. The summed E-state index contributed by atoms with van der Waals surface area (Å²) in [7, 11) is 0. The molecule has 20 heavy (non-hydrogen) atoms. The zero-order chi connectivity index (χ0) is 13.4. The molecule has 2 aliphatic carbocycles. The Hall–Kier alpha value is -1.68. The van der Waals surface area contributed by atoms with Crippen LogP contribution in [-0.4, -0.2) is 22.7 Å². The fourth-order valence-corrected chi connectivity index (χ4v) is 2.75. The monoisotopic (exact) mass is 269 g/mol. The lowest BCUT2D eigenvalue weighted by molar-refractivity contribution is 0.368. The molecule has 0 unspecified atom stereocenters. The summed E-state index contributed by atoms with van der Waals surface area (Å²) in [6.07, 6.45) is 5.69. The van der Waals surface area contributed by atoms with Crippen LogP contribution in [0.5, 0.6) is 0 Å². The maximum Gasteiger partial charge on any atom is 0.227 e. The third kappa shape index (κ3) is 2.24. The average Bonchev–Trinajstić information content (AvgIpc) is 3.41. The van der Waals surface area contributed by atoms with Gasteiger partial charge in [-0.15, -0.1) is 0 Å². The first-order valence-electron chi connectivity index (χ1n) is 7.49. The first kappa shape index (κ1) is 12.1.